The predicted octanol–water partition coefficient (Wildman–Crippen LogP) is 2.98. The highest BCUT2D eigenvalue weighted by Gasteiger charge is 2.14. The van der Waals surface area contributed by atoms with Crippen LogP contribution in [0.15, 0.2) is 16.9 Å². The first-order valence-corrected chi connectivity index (χ1v) is 6.16. The lowest BCUT2D eigenvalue weighted by molar-refractivity contribution is 0.345. The summed E-state index contributed by atoms with van der Waals surface area (Å²) in [5, 5.41) is 7.82. The van der Waals surface area contributed by atoms with Gasteiger partial charge in [-0.3, -0.25) is 4.68 Å². The average Bonchev–Trinajstić information content (AvgIpc) is 2.51. The summed E-state index contributed by atoms with van der Waals surface area (Å²) in [7, 11) is 0. The van der Waals surface area contributed by atoms with Crippen LogP contribution in [0.1, 0.15) is 40.2 Å². The molecule has 1 aromatic rings. The third kappa shape index (κ3) is 4.34. The second-order valence-electron chi connectivity index (χ2n) is 4.83. The Morgan fingerprint density at radius 2 is 2.20 bits per heavy atom. The van der Waals surface area contributed by atoms with Crippen LogP contribution in [0.5, 0.6) is 0 Å². The number of halogens is 1. The Bertz CT molecular complexity index is 301. The van der Waals surface area contributed by atoms with E-state index in [-0.39, 0.29) is 5.54 Å². The second-order valence-corrected chi connectivity index (χ2v) is 5.75. The van der Waals surface area contributed by atoms with Crippen LogP contribution in [-0.2, 0) is 0 Å². The minimum absolute atomic E-state index is 0.164. The highest BCUT2D eigenvalue weighted by molar-refractivity contribution is 9.10. The Morgan fingerprint density at radius 3 is 2.60 bits per heavy atom. The minimum atomic E-state index is 0.164. The van der Waals surface area contributed by atoms with Crippen LogP contribution in [0.4, 0.5) is 0 Å². The largest absolute Gasteiger partial charge is 0.310 e. The molecule has 1 unspecified atom stereocenters. The molecule has 86 valence electrons. The Labute approximate surface area is 100 Å². The molecule has 0 saturated heterocycles. The van der Waals surface area contributed by atoms with Crippen molar-refractivity contribution in [2.24, 2.45) is 0 Å². The molecule has 4 heteroatoms. The lowest BCUT2D eigenvalue weighted by atomic mass is 10.1. The number of rotatable bonds is 4. The number of nitrogens with one attached hydrogen (secondary N) is 1. The zero-order valence-electron chi connectivity index (χ0n) is 9.92. The van der Waals surface area contributed by atoms with Gasteiger partial charge in [-0.25, -0.2) is 0 Å². The van der Waals surface area contributed by atoms with Gasteiger partial charge < -0.3 is 5.32 Å². The molecule has 3 nitrogen and oxygen atoms in total. The highest BCUT2D eigenvalue weighted by Crippen LogP contribution is 2.14. The first-order valence-electron chi connectivity index (χ1n) is 5.37. The molecule has 0 fully saturated rings. The van der Waals surface area contributed by atoms with E-state index < -0.39 is 0 Å². The molecule has 0 aromatic carbocycles. The summed E-state index contributed by atoms with van der Waals surface area (Å²) >= 11 is 3.42. The molecule has 0 saturated carbocycles. The van der Waals surface area contributed by atoms with Crippen molar-refractivity contribution in [2.75, 3.05) is 6.54 Å². The molecule has 0 aliphatic heterocycles. The van der Waals surface area contributed by atoms with E-state index in [2.05, 4.69) is 54.0 Å². The predicted molar refractivity (Wildman–Crippen MR) is 67.0 cm³/mol. The maximum absolute atomic E-state index is 4.32. The van der Waals surface area contributed by atoms with Gasteiger partial charge in [-0.1, -0.05) is 6.92 Å². The van der Waals surface area contributed by atoms with Gasteiger partial charge in [-0.05, 0) is 43.1 Å². The van der Waals surface area contributed by atoms with E-state index in [0.29, 0.717) is 6.04 Å². The molecule has 1 rings (SSSR count). The van der Waals surface area contributed by atoms with Gasteiger partial charge in [0.25, 0.3) is 0 Å². The van der Waals surface area contributed by atoms with Gasteiger partial charge >= 0.3 is 0 Å². The Kier molecular flexibility index (Phi) is 4.34. The fourth-order valence-electron chi connectivity index (χ4n) is 1.36. The van der Waals surface area contributed by atoms with Crippen molar-refractivity contribution in [3.63, 3.8) is 0 Å². The molecule has 15 heavy (non-hydrogen) atoms. The number of hydrogen-bond donors (Lipinski definition) is 1. The molecule has 0 aliphatic carbocycles. The summed E-state index contributed by atoms with van der Waals surface area (Å²) in [6, 6.07) is 0.426. The van der Waals surface area contributed by atoms with E-state index in [1.165, 1.54) is 0 Å². The molecule has 0 amide bonds. The molecular weight excluding hydrogens is 254 g/mol. The van der Waals surface area contributed by atoms with E-state index in [1.54, 1.807) is 0 Å². The van der Waals surface area contributed by atoms with Gasteiger partial charge in [0.05, 0.1) is 16.7 Å². The van der Waals surface area contributed by atoms with Crippen LogP contribution in [0.2, 0.25) is 0 Å². The van der Waals surface area contributed by atoms with Gasteiger partial charge in [0.1, 0.15) is 0 Å². The Morgan fingerprint density at radius 1 is 1.53 bits per heavy atom. The smallest absolute Gasteiger partial charge is 0.0641 e. The minimum Gasteiger partial charge on any atom is -0.310 e. The van der Waals surface area contributed by atoms with Crippen molar-refractivity contribution in [3.05, 3.63) is 16.9 Å². The normalized spacial score (nSPS) is 14.2. The molecule has 1 aromatic heterocycles. The monoisotopic (exact) mass is 273 g/mol. The highest BCUT2D eigenvalue weighted by atomic mass is 79.9. The Hall–Kier alpha value is -0.350. The molecule has 1 atom stereocenters. The maximum Gasteiger partial charge on any atom is 0.0641 e. The molecule has 0 aliphatic rings. The van der Waals surface area contributed by atoms with Crippen molar-refractivity contribution in [1.82, 2.24) is 15.1 Å². The summed E-state index contributed by atoms with van der Waals surface area (Å²) in [6.07, 6.45) is 4.94. The third-order valence-corrected chi connectivity index (χ3v) is 2.69. The van der Waals surface area contributed by atoms with Gasteiger partial charge in [-0.15, -0.1) is 0 Å². The van der Waals surface area contributed by atoms with E-state index in [4.69, 9.17) is 0 Å². The van der Waals surface area contributed by atoms with Crippen LogP contribution in [0.25, 0.3) is 0 Å². The molecule has 0 radical (unpaired) electrons. The maximum atomic E-state index is 4.32. The van der Waals surface area contributed by atoms with Crippen molar-refractivity contribution >= 4 is 15.9 Å². The van der Waals surface area contributed by atoms with Gasteiger partial charge in [0.15, 0.2) is 0 Å². The fraction of sp³-hybridized carbons (Fsp3) is 0.727. The summed E-state index contributed by atoms with van der Waals surface area (Å²) in [5.41, 5.74) is 0.164. The molecule has 1 N–H and O–H groups in total. The number of aromatic nitrogens is 2. The summed E-state index contributed by atoms with van der Waals surface area (Å²) in [4.78, 5) is 0. The lowest BCUT2D eigenvalue weighted by Crippen LogP contribution is -2.39. The van der Waals surface area contributed by atoms with Gasteiger partial charge in [0.2, 0.25) is 0 Å². The quantitative estimate of drug-likeness (QED) is 0.914. The average molecular weight is 274 g/mol. The van der Waals surface area contributed by atoms with Crippen molar-refractivity contribution in [3.8, 4) is 0 Å². The van der Waals surface area contributed by atoms with Crippen molar-refractivity contribution in [1.29, 1.82) is 0 Å². The standard InChI is InChI=1S/C11H20BrN3/c1-5-10(7-13-11(2,3)4)15-8-9(12)6-14-15/h6,8,10,13H,5,7H2,1-4H3. The van der Waals surface area contributed by atoms with Crippen LogP contribution in [0.3, 0.4) is 0 Å². The SMILES string of the molecule is CCC(CNC(C)(C)C)n1cc(Br)cn1. The van der Waals surface area contributed by atoms with Crippen molar-refractivity contribution in [2.45, 2.75) is 45.7 Å². The van der Waals surface area contributed by atoms with Crippen LogP contribution in [0, 0.1) is 0 Å². The number of hydrogen-bond acceptors (Lipinski definition) is 2. The molecular formula is C11H20BrN3. The van der Waals surface area contributed by atoms with E-state index in [1.807, 2.05) is 17.1 Å². The lowest BCUT2D eigenvalue weighted by Gasteiger charge is -2.24. The van der Waals surface area contributed by atoms with E-state index in [0.717, 1.165) is 17.4 Å². The Balaban J connectivity index is 2.57. The first kappa shape index (κ1) is 12.7. The van der Waals surface area contributed by atoms with Crippen LogP contribution >= 0.6 is 15.9 Å². The molecule has 0 spiro atoms. The molecule has 1 heterocycles. The van der Waals surface area contributed by atoms with Gasteiger partial charge in [-0.2, -0.15) is 5.10 Å². The van der Waals surface area contributed by atoms with Crippen LogP contribution < -0.4 is 5.32 Å². The summed E-state index contributed by atoms with van der Waals surface area (Å²) < 4.78 is 3.06. The summed E-state index contributed by atoms with van der Waals surface area (Å²) in [6.45, 7) is 9.68. The second kappa shape index (κ2) is 5.12. The first-order chi connectivity index (χ1) is 6.92. The zero-order chi connectivity index (χ0) is 11.5. The van der Waals surface area contributed by atoms with E-state index in [9.17, 15) is 0 Å². The third-order valence-electron chi connectivity index (χ3n) is 2.28. The van der Waals surface area contributed by atoms with E-state index >= 15 is 0 Å². The molecule has 0 bridgehead atoms. The van der Waals surface area contributed by atoms with Gasteiger partial charge in [0, 0.05) is 18.3 Å². The zero-order valence-corrected chi connectivity index (χ0v) is 11.5. The van der Waals surface area contributed by atoms with Crippen LogP contribution in [-0.4, -0.2) is 21.9 Å². The van der Waals surface area contributed by atoms with Crippen molar-refractivity contribution < 1.29 is 0 Å². The summed E-state index contributed by atoms with van der Waals surface area (Å²) in [5.74, 6) is 0. The number of nitrogens with zero attached hydrogens (tertiary/aromatic N) is 2. The fourth-order valence-corrected chi connectivity index (χ4v) is 1.66. The topological polar surface area (TPSA) is 29.9 Å².